The molecule has 0 aromatic heterocycles. The van der Waals surface area contributed by atoms with Gasteiger partial charge in [-0.15, -0.1) is 0 Å². The number of benzene rings is 1. The molecule has 0 radical (unpaired) electrons. The Labute approximate surface area is 126 Å². The zero-order valence-corrected chi connectivity index (χ0v) is 11.8. The van der Waals surface area contributed by atoms with Crippen LogP contribution in [0.25, 0.3) is 5.70 Å². The Morgan fingerprint density at radius 3 is 2.95 bits per heavy atom. The summed E-state index contributed by atoms with van der Waals surface area (Å²) in [5.74, 6) is 0.0702. The zero-order chi connectivity index (χ0) is 14.1. The highest BCUT2D eigenvalue weighted by molar-refractivity contribution is 5.97. The van der Waals surface area contributed by atoms with E-state index in [1.807, 2.05) is 17.0 Å². The highest BCUT2D eigenvalue weighted by Gasteiger charge is 2.28. The topological polar surface area (TPSA) is 41.9 Å². The first-order valence-corrected chi connectivity index (χ1v) is 6.88. The number of carbonyl (C=O) groups excluding carboxylic acids is 1. The van der Waals surface area contributed by atoms with Gasteiger partial charge < -0.3 is 9.64 Å². The highest BCUT2D eigenvalue weighted by Crippen LogP contribution is 2.34. The van der Waals surface area contributed by atoms with Crippen LogP contribution >= 0.6 is 0 Å². The molecule has 1 aromatic rings. The maximum atomic E-state index is 12.1. The average molecular weight is 286 g/mol. The first-order valence-electron chi connectivity index (χ1n) is 6.88. The van der Waals surface area contributed by atoms with E-state index < -0.39 is 0 Å². The third-order valence-electron chi connectivity index (χ3n) is 4.02. The predicted octanol–water partition coefficient (Wildman–Crippen LogP) is 2.84. The summed E-state index contributed by atoms with van der Waals surface area (Å²) in [4.78, 5) is 18.0. The van der Waals surface area contributed by atoms with E-state index in [1.54, 1.807) is 13.3 Å². The van der Waals surface area contributed by atoms with Crippen LogP contribution in [0.1, 0.15) is 37.1 Å². The second-order valence-corrected chi connectivity index (χ2v) is 5.09. The van der Waals surface area contributed by atoms with Crippen LogP contribution in [-0.4, -0.2) is 37.2 Å². The van der Waals surface area contributed by atoms with E-state index in [1.165, 1.54) is 11.1 Å². The number of allylic oxidation sites excluding steroid dienone is 1. The number of hydrogen-bond donors (Lipinski definition) is 0. The van der Waals surface area contributed by atoms with Gasteiger partial charge in [0, 0.05) is 25.4 Å². The Morgan fingerprint density at radius 1 is 1.38 bits per heavy atom. The fourth-order valence-electron chi connectivity index (χ4n) is 2.90. The lowest BCUT2D eigenvalue weighted by atomic mass is 9.90. The molecule has 4 nitrogen and oxygen atoms in total. The molecule has 0 spiro atoms. The fourth-order valence-corrected chi connectivity index (χ4v) is 2.90. The van der Waals surface area contributed by atoms with Gasteiger partial charge in [-0.3, -0.25) is 9.79 Å². The van der Waals surface area contributed by atoms with Gasteiger partial charge in [0.2, 0.25) is 5.91 Å². The Balaban J connectivity index is 0.00000161. The molecule has 0 bridgehead atoms. The summed E-state index contributed by atoms with van der Waals surface area (Å²) < 4.78 is 5.46. The smallest absolute Gasteiger partial charge is 0.248 e. The standard InChI is InChI=1S/C16H18N2O2.CH4/c1-11(20-2)12-4-3-5-14-13(12)7-9-18-15(14)6-8-17-10-16(18)19;/h3-6,8,11H,7,9-10H2,1-2H3;1H4. The summed E-state index contributed by atoms with van der Waals surface area (Å²) in [5, 5.41) is 0. The van der Waals surface area contributed by atoms with Crippen molar-refractivity contribution in [3.8, 4) is 0 Å². The quantitative estimate of drug-likeness (QED) is 0.839. The SMILES string of the molecule is C.COC(C)c1cccc2c1CCN1C(=O)CN=CC=C21. The summed E-state index contributed by atoms with van der Waals surface area (Å²) in [5.41, 5.74) is 4.58. The number of carbonyl (C=O) groups is 1. The third-order valence-corrected chi connectivity index (χ3v) is 4.02. The normalized spacial score (nSPS) is 18.1. The van der Waals surface area contributed by atoms with Gasteiger partial charge in [0.15, 0.2) is 0 Å². The number of amides is 1. The predicted molar refractivity (Wildman–Crippen MR) is 85.4 cm³/mol. The first-order chi connectivity index (χ1) is 9.72. The van der Waals surface area contributed by atoms with E-state index in [0.717, 1.165) is 17.7 Å². The van der Waals surface area contributed by atoms with E-state index in [-0.39, 0.29) is 26.0 Å². The third kappa shape index (κ3) is 2.63. The van der Waals surface area contributed by atoms with Crippen LogP contribution in [0.15, 0.2) is 29.3 Å². The summed E-state index contributed by atoms with van der Waals surface area (Å²) >= 11 is 0. The maximum absolute atomic E-state index is 12.1. The molecule has 21 heavy (non-hydrogen) atoms. The van der Waals surface area contributed by atoms with Crippen LogP contribution in [0.5, 0.6) is 0 Å². The minimum absolute atomic E-state index is 0. The minimum atomic E-state index is 0. The molecule has 1 atom stereocenters. The number of ether oxygens (including phenoxy) is 1. The van der Waals surface area contributed by atoms with Crippen molar-refractivity contribution in [1.82, 2.24) is 4.90 Å². The van der Waals surface area contributed by atoms with Gasteiger partial charge in [-0.05, 0) is 30.5 Å². The van der Waals surface area contributed by atoms with Gasteiger partial charge in [0.1, 0.15) is 6.54 Å². The van der Waals surface area contributed by atoms with Gasteiger partial charge in [0.05, 0.1) is 11.8 Å². The molecular weight excluding hydrogens is 264 g/mol. The number of rotatable bonds is 2. The van der Waals surface area contributed by atoms with Gasteiger partial charge in [-0.2, -0.15) is 0 Å². The molecule has 0 fully saturated rings. The average Bonchev–Trinajstić information content (AvgIpc) is 2.68. The van der Waals surface area contributed by atoms with Crippen molar-refractivity contribution in [1.29, 1.82) is 0 Å². The van der Waals surface area contributed by atoms with Crippen molar-refractivity contribution < 1.29 is 9.53 Å². The summed E-state index contributed by atoms with van der Waals surface area (Å²) in [6.07, 6.45) is 4.59. The summed E-state index contributed by atoms with van der Waals surface area (Å²) in [7, 11) is 1.72. The second-order valence-electron chi connectivity index (χ2n) is 5.09. The van der Waals surface area contributed by atoms with Crippen molar-refractivity contribution in [2.75, 3.05) is 20.2 Å². The molecule has 3 rings (SSSR count). The Hall–Kier alpha value is -1.94. The van der Waals surface area contributed by atoms with Crippen molar-refractivity contribution in [2.24, 2.45) is 4.99 Å². The maximum Gasteiger partial charge on any atom is 0.248 e. The molecule has 1 aromatic carbocycles. The molecule has 2 aliphatic heterocycles. The molecule has 2 aliphatic rings. The van der Waals surface area contributed by atoms with E-state index in [4.69, 9.17) is 4.74 Å². The lowest BCUT2D eigenvalue weighted by Gasteiger charge is -2.32. The summed E-state index contributed by atoms with van der Waals surface area (Å²) in [6.45, 7) is 3.01. The molecule has 0 saturated carbocycles. The molecule has 1 unspecified atom stereocenters. The Kier molecular flexibility index (Phi) is 4.58. The number of aliphatic imine (C=N–C) groups is 1. The van der Waals surface area contributed by atoms with E-state index in [2.05, 4.69) is 24.0 Å². The number of fused-ring (bicyclic) bond motifs is 3. The van der Waals surface area contributed by atoms with Gasteiger partial charge in [0.25, 0.3) is 0 Å². The van der Waals surface area contributed by atoms with E-state index in [0.29, 0.717) is 6.54 Å². The Bertz CT molecular complexity index is 605. The number of nitrogens with zero attached hydrogens (tertiary/aromatic N) is 2. The van der Waals surface area contributed by atoms with Gasteiger partial charge in [-0.1, -0.05) is 25.6 Å². The fraction of sp³-hybridized carbons (Fsp3) is 0.412. The van der Waals surface area contributed by atoms with Crippen molar-refractivity contribution in [3.05, 3.63) is 41.0 Å². The second kappa shape index (κ2) is 6.22. The van der Waals surface area contributed by atoms with Crippen LogP contribution in [-0.2, 0) is 16.0 Å². The van der Waals surface area contributed by atoms with Crippen molar-refractivity contribution >= 4 is 17.8 Å². The molecule has 4 heteroatoms. The highest BCUT2D eigenvalue weighted by atomic mass is 16.5. The van der Waals surface area contributed by atoms with E-state index in [9.17, 15) is 4.79 Å². The summed E-state index contributed by atoms with van der Waals surface area (Å²) in [6, 6.07) is 6.21. The molecule has 0 N–H and O–H groups in total. The van der Waals surface area contributed by atoms with Crippen LogP contribution in [0.2, 0.25) is 0 Å². The first kappa shape index (κ1) is 15.4. The van der Waals surface area contributed by atoms with Gasteiger partial charge >= 0.3 is 0 Å². The molecule has 112 valence electrons. The number of hydrogen-bond acceptors (Lipinski definition) is 3. The molecule has 1 amide bonds. The van der Waals surface area contributed by atoms with Crippen LogP contribution in [0.4, 0.5) is 0 Å². The largest absolute Gasteiger partial charge is 0.377 e. The lowest BCUT2D eigenvalue weighted by molar-refractivity contribution is -0.126. The lowest BCUT2D eigenvalue weighted by Crippen LogP contribution is -2.36. The van der Waals surface area contributed by atoms with Crippen molar-refractivity contribution in [3.63, 3.8) is 0 Å². The molecule has 2 heterocycles. The monoisotopic (exact) mass is 286 g/mol. The molecule has 0 aliphatic carbocycles. The molecular formula is C17H22N2O2. The van der Waals surface area contributed by atoms with Crippen LogP contribution in [0, 0.1) is 0 Å². The van der Waals surface area contributed by atoms with Crippen molar-refractivity contribution in [2.45, 2.75) is 26.9 Å². The minimum Gasteiger partial charge on any atom is -0.377 e. The van der Waals surface area contributed by atoms with E-state index >= 15 is 0 Å². The van der Waals surface area contributed by atoms with Crippen LogP contribution < -0.4 is 0 Å². The molecule has 0 saturated heterocycles. The number of methoxy groups -OCH3 is 1. The zero-order valence-electron chi connectivity index (χ0n) is 11.8. The Morgan fingerprint density at radius 2 is 2.19 bits per heavy atom. The van der Waals surface area contributed by atoms with Gasteiger partial charge in [-0.25, -0.2) is 0 Å². The van der Waals surface area contributed by atoms with Crippen LogP contribution in [0.3, 0.4) is 0 Å².